The molecule has 3 aromatic rings. The van der Waals surface area contributed by atoms with Gasteiger partial charge in [0.1, 0.15) is 17.3 Å². The minimum atomic E-state index is -3.61. The molecule has 0 aliphatic carbocycles. The average molecular weight is 448 g/mol. The van der Waals surface area contributed by atoms with E-state index in [0.717, 1.165) is 33.8 Å². The molecule has 32 heavy (non-hydrogen) atoms. The van der Waals surface area contributed by atoms with Gasteiger partial charge in [-0.3, -0.25) is 4.52 Å². The van der Waals surface area contributed by atoms with E-state index in [0.29, 0.717) is 11.1 Å². The molecule has 5 nitrogen and oxygen atoms in total. The molecule has 164 valence electrons. The lowest BCUT2D eigenvalue weighted by molar-refractivity contribution is 0.280. The largest absolute Gasteiger partial charge is 0.497 e. The number of methoxy groups -OCH3 is 2. The molecule has 1 aliphatic heterocycles. The van der Waals surface area contributed by atoms with E-state index in [-0.39, 0.29) is 6.61 Å². The van der Waals surface area contributed by atoms with Crippen molar-refractivity contribution < 1.29 is 23.1 Å². The topological polar surface area (TPSA) is 54.0 Å². The molecule has 0 bridgehead atoms. The Bertz CT molecular complexity index is 1180. The molecule has 0 aromatic heterocycles. The van der Waals surface area contributed by atoms with Gasteiger partial charge >= 0.3 is 7.60 Å². The zero-order chi connectivity index (χ0) is 22.6. The standard InChI is InChI=1S/C26H25O5P/c1-4-30-32(27)25(20-8-6-5-7-9-20)18-24(19-10-14-22(28-2)15-11-19)26(31-32)21-12-16-23(29-3)17-13-21/h5-18H,4H2,1-3H3. The normalized spacial score (nSPS) is 18.0. The third-order valence-corrected chi connectivity index (χ3v) is 7.15. The van der Waals surface area contributed by atoms with Crippen LogP contribution in [0.4, 0.5) is 0 Å². The second-order valence-electron chi connectivity index (χ2n) is 7.10. The zero-order valence-electron chi connectivity index (χ0n) is 18.3. The molecule has 1 heterocycles. The molecule has 6 heteroatoms. The highest BCUT2D eigenvalue weighted by Crippen LogP contribution is 2.66. The molecule has 0 N–H and O–H groups in total. The SMILES string of the molecule is CCOP1(=O)OC(c2ccc(OC)cc2)=C(c2ccc(OC)cc2)C=C1c1ccccc1. The first-order valence-corrected chi connectivity index (χ1v) is 11.9. The lowest BCUT2D eigenvalue weighted by atomic mass is 9.99. The molecular formula is C26H25O5P. The van der Waals surface area contributed by atoms with Gasteiger partial charge < -0.3 is 14.0 Å². The van der Waals surface area contributed by atoms with Gasteiger partial charge in [0, 0.05) is 11.1 Å². The van der Waals surface area contributed by atoms with Crippen LogP contribution in [0, 0.1) is 0 Å². The van der Waals surface area contributed by atoms with Crippen LogP contribution in [0.25, 0.3) is 16.6 Å². The van der Waals surface area contributed by atoms with Crippen molar-refractivity contribution >= 4 is 24.2 Å². The molecule has 1 atom stereocenters. The van der Waals surface area contributed by atoms with Crippen molar-refractivity contribution in [3.05, 3.63) is 102 Å². The minimum absolute atomic E-state index is 0.259. The van der Waals surface area contributed by atoms with Crippen LogP contribution in [0.3, 0.4) is 0 Å². The predicted octanol–water partition coefficient (Wildman–Crippen LogP) is 6.87. The second kappa shape index (κ2) is 9.47. The summed E-state index contributed by atoms with van der Waals surface area (Å²) in [5.74, 6) is 1.98. The van der Waals surface area contributed by atoms with Gasteiger partial charge in [-0.15, -0.1) is 0 Å². The summed E-state index contributed by atoms with van der Waals surface area (Å²) in [6.45, 7) is 2.07. The highest BCUT2D eigenvalue weighted by molar-refractivity contribution is 7.65. The highest BCUT2D eigenvalue weighted by Gasteiger charge is 2.38. The fraction of sp³-hybridized carbons (Fsp3) is 0.154. The van der Waals surface area contributed by atoms with Crippen LogP contribution in [0.2, 0.25) is 0 Å². The second-order valence-corrected chi connectivity index (χ2v) is 9.02. The fourth-order valence-electron chi connectivity index (χ4n) is 3.55. The van der Waals surface area contributed by atoms with E-state index in [1.807, 2.05) is 84.9 Å². The Morgan fingerprint density at radius 2 is 1.31 bits per heavy atom. The van der Waals surface area contributed by atoms with Crippen LogP contribution in [-0.2, 0) is 13.6 Å². The average Bonchev–Trinajstić information content (AvgIpc) is 2.84. The van der Waals surface area contributed by atoms with Crippen molar-refractivity contribution in [2.75, 3.05) is 20.8 Å². The Balaban J connectivity index is 1.94. The molecule has 4 rings (SSSR count). The molecule has 3 aromatic carbocycles. The summed E-state index contributed by atoms with van der Waals surface area (Å²) in [7, 11) is -0.363. The number of ether oxygens (including phenoxy) is 2. The van der Waals surface area contributed by atoms with Crippen molar-refractivity contribution in [3.8, 4) is 11.5 Å². The Morgan fingerprint density at radius 3 is 1.84 bits per heavy atom. The number of hydrogen-bond acceptors (Lipinski definition) is 5. The first-order chi connectivity index (χ1) is 15.6. The van der Waals surface area contributed by atoms with Gasteiger partial charge in [0.2, 0.25) is 0 Å². The van der Waals surface area contributed by atoms with Gasteiger partial charge in [0.05, 0.1) is 26.1 Å². The van der Waals surface area contributed by atoms with Gasteiger partial charge in [-0.2, -0.15) is 0 Å². The first kappa shape index (κ1) is 21.9. The Morgan fingerprint density at radius 1 is 0.750 bits per heavy atom. The van der Waals surface area contributed by atoms with Crippen molar-refractivity contribution in [2.24, 2.45) is 0 Å². The van der Waals surface area contributed by atoms with Crippen molar-refractivity contribution in [2.45, 2.75) is 6.92 Å². The summed E-state index contributed by atoms with van der Waals surface area (Å²) in [6, 6.07) is 24.7. The van der Waals surface area contributed by atoms with Gasteiger partial charge in [0.25, 0.3) is 0 Å². The third kappa shape index (κ3) is 4.36. The lowest BCUT2D eigenvalue weighted by Crippen LogP contribution is -2.06. The van der Waals surface area contributed by atoms with E-state index >= 15 is 0 Å². The summed E-state index contributed by atoms with van der Waals surface area (Å²) in [6.07, 6.45) is 1.91. The molecule has 0 amide bonds. The summed E-state index contributed by atoms with van der Waals surface area (Å²) in [5.41, 5.74) is 3.29. The van der Waals surface area contributed by atoms with E-state index in [1.54, 1.807) is 21.1 Å². The summed E-state index contributed by atoms with van der Waals surface area (Å²) >= 11 is 0. The number of rotatable bonds is 7. The van der Waals surface area contributed by atoms with E-state index in [2.05, 4.69) is 0 Å². The number of benzene rings is 3. The van der Waals surface area contributed by atoms with Crippen LogP contribution in [0.1, 0.15) is 23.6 Å². The molecular weight excluding hydrogens is 423 g/mol. The molecule has 0 fully saturated rings. The lowest BCUT2D eigenvalue weighted by Gasteiger charge is -2.29. The van der Waals surface area contributed by atoms with Crippen LogP contribution < -0.4 is 9.47 Å². The predicted molar refractivity (Wildman–Crippen MR) is 128 cm³/mol. The first-order valence-electron chi connectivity index (χ1n) is 10.3. The van der Waals surface area contributed by atoms with E-state index in [4.69, 9.17) is 18.5 Å². The van der Waals surface area contributed by atoms with Gasteiger partial charge in [0.15, 0.2) is 0 Å². The summed E-state index contributed by atoms with van der Waals surface area (Å²) < 4.78 is 36.5. The third-order valence-electron chi connectivity index (χ3n) is 5.15. The number of allylic oxidation sites excluding steroid dienone is 2. The number of hydrogen-bond donors (Lipinski definition) is 0. The van der Waals surface area contributed by atoms with E-state index < -0.39 is 7.60 Å². The Kier molecular flexibility index (Phi) is 6.50. The smallest absolute Gasteiger partial charge is 0.411 e. The Labute approximate surface area is 188 Å². The van der Waals surface area contributed by atoms with Gasteiger partial charge in [-0.25, -0.2) is 4.57 Å². The summed E-state index contributed by atoms with van der Waals surface area (Å²) in [5, 5.41) is 0.531. The molecule has 0 spiro atoms. The van der Waals surface area contributed by atoms with Gasteiger partial charge in [-0.1, -0.05) is 42.5 Å². The monoisotopic (exact) mass is 448 g/mol. The molecule has 0 saturated carbocycles. The van der Waals surface area contributed by atoms with Crippen LogP contribution in [0.5, 0.6) is 11.5 Å². The van der Waals surface area contributed by atoms with Gasteiger partial charge in [-0.05, 0) is 60.5 Å². The summed E-state index contributed by atoms with van der Waals surface area (Å²) in [4.78, 5) is 0. The van der Waals surface area contributed by atoms with E-state index in [9.17, 15) is 4.57 Å². The molecule has 1 unspecified atom stereocenters. The molecule has 0 radical (unpaired) electrons. The Hall–Kier alpha value is -3.27. The fourth-order valence-corrected chi connectivity index (χ4v) is 5.38. The van der Waals surface area contributed by atoms with Crippen molar-refractivity contribution in [1.29, 1.82) is 0 Å². The minimum Gasteiger partial charge on any atom is -0.497 e. The quantitative estimate of drug-likeness (QED) is 0.369. The van der Waals surface area contributed by atoms with Crippen molar-refractivity contribution in [3.63, 3.8) is 0 Å². The maximum atomic E-state index is 14.0. The maximum absolute atomic E-state index is 14.0. The van der Waals surface area contributed by atoms with Crippen LogP contribution >= 0.6 is 7.60 Å². The zero-order valence-corrected chi connectivity index (χ0v) is 19.2. The maximum Gasteiger partial charge on any atom is 0.411 e. The van der Waals surface area contributed by atoms with E-state index in [1.165, 1.54) is 0 Å². The molecule has 0 saturated heterocycles. The van der Waals surface area contributed by atoms with Crippen molar-refractivity contribution in [1.82, 2.24) is 0 Å². The molecule has 1 aliphatic rings. The van der Waals surface area contributed by atoms with Crippen LogP contribution in [0.15, 0.2) is 84.9 Å². The van der Waals surface area contributed by atoms with Crippen LogP contribution in [-0.4, -0.2) is 20.8 Å². The highest BCUT2D eigenvalue weighted by atomic mass is 31.2.